The molecule has 2 aromatic rings. The van der Waals surface area contributed by atoms with E-state index in [0.29, 0.717) is 30.3 Å². The molecule has 0 saturated carbocycles. The van der Waals surface area contributed by atoms with E-state index < -0.39 is 0 Å². The van der Waals surface area contributed by atoms with Gasteiger partial charge >= 0.3 is 0 Å². The standard InChI is InChI=1S/C21H24N2O3S/c1-14-12-22(20(24)17-7-6-15-4-3-5-16(15)10-17)8-9-23(14)21(25)19-11-18(26-2)13-27-19/h6-7,10-11,13-14H,3-5,8-9,12H2,1-2H3. The molecule has 142 valence electrons. The molecule has 1 aromatic carbocycles. The molecule has 1 fully saturated rings. The number of carbonyl (C=O) groups excluding carboxylic acids is 2. The lowest BCUT2D eigenvalue weighted by Gasteiger charge is -2.39. The minimum Gasteiger partial charge on any atom is -0.496 e. The second-order valence-corrected chi connectivity index (χ2v) is 8.20. The van der Waals surface area contributed by atoms with E-state index in [9.17, 15) is 9.59 Å². The fourth-order valence-corrected chi connectivity index (χ4v) is 4.82. The molecule has 2 heterocycles. The maximum Gasteiger partial charge on any atom is 0.264 e. The van der Waals surface area contributed by atoms with Crippen LogP contribution in [0.1, 0.15) is 44.5 Å². The summed E-state index contributed by atoms with van der Waals surface area (Å²) in [6, 6.07) is 7.88. The maximum atomic E-state index is 12.9. The monoisotopic (exact) mass is 384 g/mol. The van der Waals surface area contributed by atoms with Gasteiger partial charge in [0.15, 0.2) is 0 Å². The number of ether oxygens (including phenoxy) is 1. The third-order valence-electron chi connectivity index (χ3n) is 5.54. The summed E-state index contributed by atoms with van der Waals surface area (Å²) >= 11 is 1.40. The van der Waals surface area contributed by atoms with Crippen LogP contribution in [0.5, 0.6) is 5.75 Å². The number of benzene rings is 1. The van der Waals surface area contributed by atoms with Crippen LogP contribution in [0, 0.1) is 0 Å². The minimum absolute atomic E-state index is 0.0143. The molecule has 1 aliphatic carbocycles. The van der Waals surface area contributed by atoms with E-state index in [2.05, 4.69) is 12.1 Å². The van der Waals surface area contributed by atoms with Gasteiger partial charge in [-0.05, 0) is 49.4 Å². The summed E-state index contributed by atoms with van der Waals surface area (Å²) in [6.07, 6.45) is 3.37. The number of hydrogen-bond acceptors (Lipinski definition) is 4. The Morgan fingerprint density at radius 2 is 1.93 bits per heavy atom. The molecule has 4 rings (SSSR count). The lowest BCUT2D eigenvalue weighted by molar-refractivity contribution is 0.0417. The maximum absolute atomic E-state index is 12.9. The van der Waals surface area contributed by atoms with E-state index in [1.54, 1.807) is 13.2 Å². The van der Waals surface area contributed by atoms with Gasteiger partial charge in [-0.15, -0.1) is 11.3 Å². The number of carbonyl (C=O) groups is 2. The number of piperazine rings is 1. The highest BCUT2D eigenvalue weighted by Gasteiger charge is 2.31. The largest absolute Gasteiger partial charge is 0.496 e. The topological polar surface area (TPSA) is 49.9 Å². The second kappa shape index (κ2) is 7.35. The molecular weight excluding hydrogens is 360 g/mol. The van der Waals surface area contributed by atoms with Gasteiger partial charge in [0.05, 0.1) is 12.0 Å². The van der Waals surface area contributed by atoms with Gasteiger partial charge < -0.3 is 14.5 Å². The summed E-state index contributed by atoms with van der Waals surface area (Å²) in [7, 11) is 1.60. The summed E-state index contributed by atoms with van der Waals surface area (Å²) in [5.74, 6) is 0.795. The van der Waals surface area contributed by atoms with E-state index in [1.807, 2.05) is 28.2 Å². The first-order chi connectivity index (χ1) is 13.1. The molecule has 0 bridgehead atoms. The summed E-state index contributed by atoms with van der Waals surface area (Å²) in [5, 5.41) is 1.84. The Morgan fingerprint density at radius 3 is 2.67 bits per heavy atom. The Hall–Kier alpha value is -2.34. The van der Waals surface area contributed by atoms with Crippen molar-refractivity contribution in [3.63, 3.8) is 0 Å². The third-order valence-corrected chi connectivity index (χ3v) is 6.44. The van der Waals surface area contributed by atoms with Gasteiger partial charge in [0, 0.05) is 42.7 Å². The molecule has 0 radical (unpaired) electrons. The van der Waals surface area contributed by atoms with Gasteiger partial charge in [-0.25, -0.2) is 0 Å². The molecule has 1 unspecified atom stereocenters. The van der Waals surface area contributed by atoms with E-state index in [1.165, 1.54) is 28.9 Å². The SMILES string of the molecule is COc1csc(C(=O)N2CCN(C(=O)c3ccc4c(c3)CCC4)CC2C)c1. The number of amides is 2. The highest BCUT2D eigenvalue weighted by molar-refractivity contribution is 7.12. The first kappa shape index (κ1) is 18.0. The van der Waals surface area contributed by atoms with Gasteiger partial charge in [-0.2, -0.15) is 0 Å². The van der Waals surface area contributed by atoms with Crippen LogP contribution in [-0.2, 0) is 12.8 Å². The van der Waals surface area contributed by atoms with Gasteiger partial charge in [0.2, 0.25) is 0 Å². The third kappa shape index (κ3) is 3.46. The van der Waals surface area contributed by atoms with Crippen LogP contribution in [0.3, 0.4) is 0 Å². The number of rotatable bonds is 3. The molecule has 1 aliphatic heterocycles. The average molecular weight is 385 g/mol. The Kier molecular flexibility index (Phi) is 4.91. The number of hydrogen-bond donors (Lipinski definition) is 0. The Labute approximate surface area is 163 Å². The van der Waals surface area contributed by atoms with Crippen LogP contribution in [0.15, 0.2) is 29.6 Å². The van der Waals surface area contributed by atoms with Crippen molar-refractivity contribution in [1.82, 2.24) is 9.80 Å². The molecule has 0 spiro atoms. The van der Waals surface area contributed by atoms with E-state index in [4.69, 9.17) is 4.74 Å². The molecule has 2 amide bonds. The van der Waals surface area contributed by atoms with Gasteiger partial charge in [-0.1, -0.05) is 6.07 Å². The predicted molar refractivity (Wildman–Crippen MR) is 106 cm³/mol. The van der Waals surface area contributed by atoms with E-state index in [-0.39, 0.29) is 17.9 Å². The normalized spacial score (nSPS) is 19.1. The van der Waals surface area contributed by atoms with Crippen LogP contribution in [-0.4, -0.2) is 54.4 Å². The summed E-state index contributed by atoms with van der Waals surface area (Å²) in [6.45, 7) is 3.68. The number of fused-ring (bicyclic) bond motifs is 1. The van der Waals surface area contributed by atoms with E-state index >= 15 is 0 Å². The molecule has 6 heteroatoms. The zero-order chi connectivity index (χ0) is 19.0. The van der Waals surface area contributed by atoms with Crippen molar-refractivity contribution in [1.29, 1.82) is 0 Å². The van der Waals surface area contributed by atoms with Crippen LogP contribution in [0.4, 0.5) is 0 Å². The highest BCUT2D eigenvalue weighted by atomic mass is 32.1. The van der Waals surface area contributed by atoms with Crippen molar-refractivity contribution in [2.75, 3.05) is 26.7 Å². The second-order valence-electron chi connectivity index (χ2n) is 7.29. The van der Waals surface area contributed by atoms with Crippen LogP contribution >= 0.6 is 11.3 Å². The molecule has 1 aromatic heterocycles. The predicted octanol–water partition coefficient (Wildman–Crippen LogP) is 3.23. The van der Waals surface area contributed by atoms with Crippen molar-refractivity contribution in [2.45, 2.75) is 32.2 Å². The average Bonchev–Trinajstić information content (AvgIpc) is 3.35. The van der Waals surface area contributed by atoms with Crippen molar-refractivity contribution in [2.24, 2.45) is 0 Å². The zero-order valence-electron chi connectivity index (χ0n) is 15.7. The molecule has 0 N–H and O–H groups in total. The molecule has 5 nitrogen and oxygen atoms in total. The van der Waals surface area contributed by atoms with Gasteiger partial charge in [-0.3, -0.25) is 9.59 Å². The molecule has 2 aliphatic rings. The van der Waals surface area contributed by atoms with Crippen molar-refractivity contribution >= 4 is 23.2 Å². The first-order valence-electron chi connectivity index (χ1n) is 9.41. The van der Waals surface area contributed by atoms with Gasteiger partial charge in [0.1, 0.15) is 5.75 Å². The molecule has 27 heavy (non-hydrogen) atoms. The van der Waals surface area contributed by atoms with Crippen molar-refractivity contribution in [3.05, 3.63) is 51.2 Å². The number of aryl methyl sites for hydroxylation is 2. The van der Waals surface area contributed by atoms with Crippen LogP contribution in [0.2, 0.25) is 0 Å². The Bertz CT molecular complexity index is 876. The summed E-state index contributed by atoms with van der Waals surface area (Å²) in [5.41, 5.74) is 3.46. The number of nitrogens with zero attached hydrogens (tertiary/aromatic N) is 2. The van der Waals surface area contributed by atoms with E-state index in [0.717, 1.165) is 18.4 Å². The fourth-order valence-electron chi connectivity index (χ4n) is 4.01. The molecule has 1 atom stereocenters. The van der Waals surface area contributed by atoms with Crippen molar-refractivity contribution in [3.8, 4) is 5.75 Å². The summed E-state index contributed by atoms with van der Waals surface area (Å²) in [4.78, 5) is 30.1. The zero-order valence-corrected chi connectivity index (χ0v) is 16.6. The van der Waals surface area contributed by atoms with Crippen LogP contribution in [0.25, 0.3) is 0 Å². The fraction of sp³-hybridized carbons (Fsp3) is 0.429. The smallest absolute Gasteiger partial charge is 0.264 e. The highest BCUT2D eigenvalue weighted by Crippen LogP contribution is 2.26. The van der Waals surface area contributed by atoms with Gasteiger partial charge in [0.25, 0.3) is 11.8 Å². The molecule has 1 saturated heterocycles. The quantitative estimate of drug-likeness (QED) is 0.816. The summed E-state index contributed by atoms with van der Waals surface area (Å²) < 4.78 is 5.18. The lowest BCUT2D eigenvalue weighted by Crippen LogP contribution is -2.55. The van der Waals surface area contributed by atoms with Crippen LogP contribution < -0.4 is 4.74 Å². The Balaban J connectivity index is 1.43. The van der Waals surface area contributed by atoms with Crippen molar-refractivity contribution < 1.29 is 14.3 Å². The minimum atomic E-state index is -0.0160. The number of thiophene rings is 1. The molecular formula is C21H24N2O3S. The number of methoxy groups -OCH3 is 1. The first-order valence-corrected chi connectivity index (χ1v) is 10.3. The Morgan fingerprint density at radius 1 is 1.11 bits per heavy atom. The lowest BCUT2D eigenvalue weighted by atomic mass is 10.0.